The van der Waals surface area contributed by atoms with Crippen molar-refractivity contribution in [3.8, 4) is 12.3 Å². The minimum atomic E-state index is -0.376. The quantitative estimate of drug-likeness (QED) is 0.777. The lowest BCUT2D eigenvalue weighted by Crippen LogP contribution is -2.26. The molecule has 0 saturated heterocycles. The van der Waals surface area contributed by atoms with Gasteiger partial charge in [0.25, 0.3) is 0 Å². The Labute approximate surface area is 94.6 Å². The molecule has 1 N–H and O–H groups in total. The maximum atomic E-state index is 13.4. The van der Waals surface area contributed by atoms with Crippen LogP contribution in [0.15, 0.2) is 18.2 Å². The van der Waals surface area contributed by atoms with Crippen LogP contribution in [0.5, 0.6) is 0 Å². The summed E-state index contributed by atoms with van der Waals surface area (Å²) >= 11 is 5.65. The molecule has 0 fully saturated rings. The van der Waals surface area contributed by atoms with Gasteiger partial charge in [0.1, 0.15) is 5.82 Å². The van der Waals surface area contributed by atoms with Crippen LogP contribution in [-0.2, 0) is 6.54 Å². The molecule has 1 rings (SSSR count). The molecule has 1 aromatic rings. The molecule has 0 aromatic heterocycles. The SMILES string of the molecule is C#CC(CC)NCc1cccc(Cl)c1F. The van der Waals surface area contributed by atoms with Gasteiger partial charge in [0.2, 0.25) is 0 Å². The molecule has 0 radical (unpaired) electrons. The highest BCUT2D eigenvalue weighted by Gasteiger charge is 2.07. The van der Waals surface area contributed by atoms with Gasteiger partial charge in [-0.3, -0.25) is 5.32 Å². The summed E-state index contributed by atoms with van der Waals surface area (Å²) in [4.78, 5) is 0. The average molecular weight is 226 g/mol. The zero-order chi connectivity index (χ0) is 11.3. The van der Waals surface area contributed by atoms with E-state index in [0.717, 1.165) is 6.42 Å². The lowest BCUT2D eigenvalue weighted by molar-refractivity contribution is 0.556. The first-order valence-corrected chi connectivity index (χ1v) is 5.19. The van der Waals surface area contributed by atoms with Gasteiger partial charge in [-0.05, 0) is 12.5 Å². The molecule has 0 amide bonds. The van der Waals surface area contributed by atoms with Crippen molar-refractivity contribution in [2.75, 3.05) is 0 Å². The highest BCUT2D eigenvalue weighted by Crippen LogP contribution is 2.17. The predicted molar refractivity (Wildman–Crippen MR) is 61.2 cm³/mol. The first kappa shape index (κ1) is 12.0. The van der Waals surface area contributed by atoms with Crippen LogP contribution in [-0.4, -0.2) is 6.04 Å². The van der Waals surface area contributed by atoms with E-state index in [9.17, 15) is 4.39 Å². The van der Waals surface area contributed by atoms with Crippen LogP contribution >= 0.6 is 11.6 Å². The zero-order valence-corrected chi connectivity index (χ0v) is 9.31. The topological polar surface area (TPSA) is 12.0 Å². The second kappa shape index (κ2) is 5.75. The third kappa shape index (κ3) is 3.23. The number of halogens is 2. The Morgan fingerprint density at radius 2 is 2.33 bits per heavy atom. The summed E-state index contributed by atoms with van der Waals surface area (Å²) in [5.41, 5.74) is 0.538. The maximum absolute atomic E-state index is 13.4. The Balaban J connectivity index is 2.66. The van der Waals surface area contributed by atoms with E-state index in [2.05, 4.69) is 11.2 Å². The first-order chi connectivity index (χ1) is 7.19. The molecule has 0 heterocycles. The third-order valence-electron chi connectivity index (χ3n) is 2.18. The van der Waals surface area contributed by atoms with Gasteiger partial charge >= 0.3 is 0 Å². The van der Waals surface area contributed by atoms with Crippen LogP contribution < -0.4 is 5.32 Å². The summed E-state index contributed by atoms with van der Waals surface area (Å²) in [7, 11) is 0. The fourth-order valence-corrected chi connectivity index (χ4v) is 1.43. The fraction of sp³-hybridized carbons (Fsp3) is 0.333. The Morgan fingerprint density at radius 1 is 1.60 bits per heavy atom. The number of benzene rings is 1. The van der Waals surface area contributed by atoms with Crippen molar-refractivity contribution in [2.45, 2.75) is 25.9 Å². The van der Waals surface area contributed by atoms with Gasteiger partial charge in [-0.1, -0.05) is 36.6 Å². The van der Waals surface area contributed by atoms with E-state index in [1.807, 2.05) is 6.92 Å². The molecular weight excluding hydrogens is 213 g/mol. The van der Waals surface area contributed by atoms with Gasteiger partial charge in [-0.2, -0.15) is 0 Å². The van der Waals surface area contributed by atoms with E-state index >= 15 is 0 Å². The summed E-state index contributed by atoms with van der Waals surface area (Å²) in [5.74, 6) is 2.21. The highest BCUT2D eigenvalue weighted by atomic mass is 35.5. The van der Waals surface area contributed by atoms with E-state index in [-0.39, 0.29) is 16.9 Å². The van der Waals surface area contributed by atoms with Crippen LogP contribution in [0.4, 0.5) is 4.39 Å². The molecule has 0 saturated carbocycles. The number of rotatable bonds is 4. The first-order valence-electron chi connectivity index (χ1n) is 4.81. The summed E-state index contributed by atoms with van der Waals surface area (Å²) in [6.07, 6.45) is 6.10. The lowest BCUT2D eigenvalue weighted by atomic mass is 10.2. The number of hydrogen-bond donors (Lipinski definition) is 1. The minimum absolute atomic E-state index is 0.0246. The van der Waals surface area contributed by atoms with Gasteiger partial charge in [-0.25, -0.2) is 4.39 Å². The molecule has 0 aliphatic carbocycles. The Kier molecular flexibility index (Phi) is 4.61. The molecule has 1 unspecified atom stereocenters. The van der Waals surface area contributed by atoms with Gasteiger partial charge in [-0.15, -0.1) is 6.42 Å². The summed E-state index contributed by atoms with van der Waals surface area (Å²) in [5, 5.41) is 3.21. The number of hydrogen-bond acceptors (Lipinski definition) is 1. The molecule has 0 spiro atoms. The molecule has 1 aromatic carbocycles. The lowest BCUT2D eigenvalue weighted by Gasteiger charge is -2.11. The minimum Gasteiger partial charge on any atom is -0.299 e. The van der Waals surface area contributed by atoms with Gasteiger partial charge < -0.3 is 0 Å². The second-order valence-corrected chi connectivity index (χ2v) is 3.63. The summed E-state index contributed by atoms with van der Waals surface area (Å²) in [6, 6.07) is 4.92. The third-order valence-corrected chi connectivity index (χ3v) is 2.47. The molecule has 3 heteroatoms. The van der Waals surface area contributed by atoms with Gasteiger partial charge in [0.15, 0.2) is 0 Å². The molecule has 0 aliphatic heterocycles. The van der Waals surface area contributed by atoms with E-state index in [4.69, 9.17) is 18.0 Å². The predicted octanol–water partition coefficient (Wildman–Crippen LogP) is 2.98. The van der Waals surface area contributed by atoms with E-state index in [1.54, 1.807) is 12.1 Å². The average Bonchev–Trinajstić information content (AvgIpc) is 2.25. The van der Waals surface area contributed by atoms with Crippen LogP contribution in [0.3, 0.4) is 0 Å². The van der Waals surface area contributed by atoms with Crippen LogP contribution in [0.1, 0.15) is 18.9 Å². The largest absolute Gasteiger partial charge is 0.299 e. The Hall–Kier alpha value is -1.04. The van der Waals surface area contributed by atoms with Crippen molar-refractivity contribution in [3.05, 3.63) is 34.6 Å². The van der Waals surface area contributed by atoms with Crippen LogP contribution in [0, 0.1) is 18.2 Å². The van der Waals surface area contributed by atoms with Gasteiger partial charge in [0.05, 0.1) is 11.1 Å². The Morgan fingerprint density at radius 3 is 2.93 bits per heavy atom. The van der Waals surface area contributed by atoms with Crippen molar-refractivity contribution in [2.24, 2.45) is 0 Å². The van der Waals surface area contributed by atoms with Crippen molar-refractivity contribution < 1.29 is 4.39 Å². The monoisotopic (exact) mass is 225 g/mol. The summed E-state index contributed by atoms with van der Waals surface area (Å²) < 4.78 is 13.4. The smallest absolute Gasteiger partial charge is 0.146 e. The van der Waals surface area contributed by atoms with Crippen LogP contribution in [0.25, 0.3) is 0 Å². The fourth-order valence-electron chi connectivity index (χ4n) is 1.24. The normalized spacial score (nSPS) is 12.1. The van der Waals surface area contributed by atoms with Crippen LogP contribution in [0.2, 0.25) is 5.02 Å². The molecule has 0 aliphatic rings. The summed E-state index contributed by atoms with van der Waals surface area (Å²) in [6.45, 7) is 2.38. The van der Waals surface area contributed by atoms with Gasteiger partial charge in [0, 0.05) is 12.1 Å². The standard InChI is InChI=1S/C12H13ClFN/c1-3-10(4-2)15-8-9-6-5-7-11(13)12(9)14/h1,5-7,10,15H,4,8H2,2H3. The zero-order valence-electron chi connectivity index (χ0n) is 8.56. The van der Waals surface area contributed by atoms with E-state index < -0.39 is 0 Å². The Bertz CT molecular complexity index is 370. The molecule has 1 atom stereocenters. The van der Waals surface area contributed by atoms with E-state index in [1.165, 1.54) is 6.07 Å². The molecule has 1 nitrogen and oxygen atoms in total. The van der Waals surface area contributed by atoms with Crippen molar-refractivity contribution in [1.82, 2.24) is 5.32 Å². The molecule has 0 bridgehead atoms. The van der Waals surface area contributed by atoms with Crippen molar-refractivity contribution in [3.63, 3.8) is 0 Å². The second-order valence-electron chi connectivity index (χ2n) is 3.22. The van der Waals surface area contributed by atoms with E-state index in [0.29, 0.717) is 12.1 Å². The molecule has 80 valence electrons. The number of nitrogens with one attached hydrogen (secondary N) is 1. The molecular formula is C12H13ClFN. The van der Waals surface area contributed by atoms with Crippen molar-refractivity contribution >= 4 is 11.6 Å². The number of terminal acetylenes is 1. The highest BCUT2D eigenvalue weighted by molar-refractivity contribution is 6.30. The molecule has 15 heavy (non-hydrogen) atoms. The van der Waals surface area contributed by atoms with Crippen molar-refractivity contribution in [1.29, 1.82) is 0 Å². The maximum Gasteiger partial charge on any atom is 0.146 e.